The first-order chi connectivity index (χ1) is 12.7. The van der Waals surface area contributed by atoms with Crippen molar-refractivity contribution >= 4 is 22.8 Å². The van der Waals surface area contributed by atoms with Crippen LogP contribution < -0.4 is 10.6 Å². The van der Waals surface area contributed by atoms with E-state index >= 15 is 0 Å². The fourth-order valence-corrected chi connectivity index (χ4v) is 3.32. The van der Waals surface area contributed by atoms with Crippen molar-refractivity contribution in [1.29, 1.82) is 0 Å². The Bertz CT molecular complexity index is 881. The Morgan fingerprint density at radius 2 is 1.89 bits per heavy atom. The lowest BCUT2D eigenvalue weighted by molar-refractivity contribution is -0.294. The topological polar surface area (TPSA) is 87.7 Å². The van der Waals surface area contributed by atoms with Gasteiger partial charge in [-0.1, -0.05) is 42.5 Å². The summed E-state index contributed by atoms with van der Waals surface area (Å²) in [4.78, 5) is 24.4. The number of fused-ring (bicyclic) bond motifs is 1. The third kappa shape index (κ3) is 3.18. The van der Waals surface area contributed by atoms with Crippen LogP contribution in [0.15, 0.2) is 42.5 Å². The van der Waals surface area contributed by atoms with E-state index < -0.39 is 35.9 Å². The minimum atomic E-state index is -5.30. The van der Waals surface area contributed by atoms with Crippen molar-refractivity contribution in [3.63, 3.8) is 0 Å². The summed E-state index contributed by atoms with van der Waals surface area (Å²) in [6.45, 7) is 1.26. The molecule has 0 spiro atoms. The van der Waals surface area contributed by atoms with Gasteiger partial charge in [0.25, 0.3) is 5.72 Å². The monoisotopic (exact) mass is 382 g/mol. The van der Waals surface area contributed by atoms with Gasteiger partial charge in [-0.05, 0) is 23.3 Å². The van der Waals surface area contributed by atoms with Crippen LogP contribution in [0.4, 0.5) is 18.0 Å². The second kappa shape index (κ2) is 6.73. The summed E-state index contributed by atoms with van der Waals surface area (Å²) in [6, 6.07) is 9.00. The van der Waals surface area contributed by atoms with E-state index in [1.54, 1.807) is 36.4 Å². The minimum Gasteiger partial charge on any atom is -0.466 e. The molecule has 3 rings (SSSR count). The van der Waals surface area contributed by atoms with Crippen LogP contribution in [0.1, 0.15) is 18.5 Å². The van der Waals surface area contributed by atoms with Gasteiger partial charge >= 0.3 is 18.2 Å². The summed E-state index contributed by atoms with van der Waals surface area (Å²) >= 11 is 0. The van der Waals surface area contributed by atoms with Gasteiger partial charge in [-0.3, -0.25) is 4.79 Å². The molecule has 0 saturated carbocycles. The van der Waals surface area contributed by atoms with E-state index in [9.17, 15) is 27.9 Å². The number of carbonyl (C=O) groups excluding carboxylic acids is 2. The number of halogens is 3. The number of amides is 2. The van der Waals surface area contributed by atoms with E-state index in [0.29, 0.717) is 10.8 Å². The van der Waals surface area contributed by atoms with E-state index in [0.717, 1.165) is 0 Å². The number of ether oxygens (including phenoxy) is 1. The van der Waals surface area contributed by atoms with Crippen LogP contribution in [0.3, 0.4) is 0 Å². The van der Waals surface area contributed by atoms with Gasteiger partial charge in [0, 0.05) is 0 Å². The zero-order valence-electron chi connectivity index (χ0n) is 14.2. The maximum absolute atomic E-state index is 13.7. The van der Waals surface area contributed by atoms with Crippen LogP contribution in [0.2, 0.25) is 0 Å². The number of hydrogen-bond donors (Lipinski definition) is 3. The number of alkyl halides is 3. The molecule has 9 heteroatoms. The summed E-state index contributed by atoms with van der Waals surface area (Å²) in [5.74, 6) is -3.41. The first kappa shape index (κ1) is 19.0. The van der Waals surface area contributed by atoms with Crippen molar-refractivity contribution < 1.29 is 32.6 Å². The van der Waals surface area contributed by atoms with Crippen molar-refractivity contribution in [1.82, 2.24) is 10.6 Å². The van der Waals surface area contributed by atoms with Gasteiger partial charge in [-0.15, -0.1) is 0 Å². The highest BCUT2D eigenvalue weighted by Gasteiger charge is 2.67. The molecular weight excluding hydrogens is 365 g/mol. The molecule has 1 aliphatic heterocycles. The van der Waals surface area contributed by atoms with Gasteiger partial charge in [0.15, 0.2) is 0 Å². The second-order valence-corrected chi connectivity index (χ2v) is 6.14. The molecule has 0 radical (unpaired) electrons. The lowest BCUT2D eigenvalue weighted by Crippen LogP contribution is -2.73. The van der Waals surface area contributed by atoms with E-state index in [-0.39, 0.29) is 12.2 Å². The van der Waals surface area contributed by atoms with Crippen LogP contribution in [-0.2, 0) is 9.53 Å². The third-order valence-corrected chi connectivity index (χ3v) is 4.51. The van der Waals surface area contributed by atoms with E-state index in [1.807, 2.05) is 0 Å². The number of urea groups is 1. The van der Waals surface area contributed by atoms with Crippen molar-refractivity contribution in [2.75, 3.05) is 6.61 Å². The average Bonchev–Trinajstić information content (AvgIpc) is 2.59. The Balaban J connectivity index is 2.21. The number of nitrogens with one attached hydrogen (secondary N) is 2. The number of rotatable bonds is 3. The summed E-state index contributed by atoms with van der Waals surface area (Å²) in [7, 11) is 0. The summed E-state index contributed by atoms with van der Waals surface area (Å²) in [6.07, 6.45) is -5.30. The van der Waals surface area contributed by atoms with Gasteiger partial charge in [0.1, 0.15) is 5.92 Å². The molecular formula is C18H17F3N2O4. The van der Waals surface area contributed by atoms with Crippen LogP contribution in [0.5, 0.6) is 0 Å². The molecule has 0 bridgehead atoms. The number of benzene rings is 2. The van der Waals surface area contributed by atoms with Crippen molar-refractivity contribution in [2.45, 2.75) is 24.9 Å². The molecule has 6 nitrogen and oxygen atoms in total. The predicted octanol–water partition coefficient (Wildman–Crippen LogP) is 2.62. The predicted molar refractivity (Wildman–Crippen MR) is 89.5 cm³/mol. The Labute approximate surface area is 152 Å². The van der Waals surface area contributed by atoms with Crippen molar-refractivity contribution in [2.24, 2.45) is 5.92 Å². The quantitative estimate of drug-likeness (QED) is 0.713. The van der Waals surface area contributed by atoms with Gasteiger partial charge in [-0.2, -0.15) is 13.2 Å². The highest BCUT2D eigenvalue weighted by atomic mass is 19.4. The zero-order chi connectivity index (χ0) is 19.8. The molecule has 2 amide bonds. The SMILES string of the molecule is CCOC(=O)C1C(c2cccc3ccccc23)NC(=O)NC1(O)C(F)(F)F. The zero-order valence-corrected chi connectivity index (χ0v) is 14.2. The maximum atomic E-state index is 13.7. The van der Waals surface area contributed by atoms with Crippen LogP contribution >= 0.6 is 0 Å². The largest absolute Gasteiger partial charge is 0.466 e. The molecule has 1 saturated heterocycles. The second-order valence-electron chi connectivity index (χ2n) is 6.14. The average molecular weight is 382 g/mol. The van der Waals surface area contributed by atoms with Gasteiger partial charge in [-0.25, -0.2) is 4.79 Å². The number of esters is 1. The first-order valence-electron chi connectivity index (χ1n) is 8.21. The van der Waals surface area contributed by atoms with Gasteiger partial charge in [0.05, 0.1) is 12.6 Å². The Hall–Kier alpha value is -2.81. The van der Waals surface area contributed by atoms with E-state index in [4.69, 9.17) is 4.74 Å². The standard InChI is InChI=1S/C18H17F3N2O4/c1-2-27-15(24)13-14(22-16(25)23-17(13,26)18(19,20)21)12-9-5-7-10-6-3-4-8-11(10)12/h3-9,13-14,26H,2H2,1H3,(H2,22,23,25). The van der Waals surface area contributed by atoms with Gasteiger partial charge < -0.3 is 20.5 Å². The fourth-order valence-electron chi connectivity index (χ4n) is 3.32. The molecule has 27 heavy (non-hydrogen) atoms. The lowest BCUT2D eigenvalue weighted by atomic mass is 9.80. The molecule has 3 atom stereocenters. The highest BCUT2D eigenvalue weighted by molar-refractivity contribution is 5.89. The molecule has 1 aliphatic rings. The molecule has 144 valence electrons. The summed E-state index contributed by atoms with van der Waals surface area (Å²) < 4.78 is 45.7. The minimum absolute atomic E-state index is 0.181. The number of aliphatic hydroxyl groups is 1. The Morgan fingerprint density at radius 1 is 1.22 bits per heavy atom. The molecule has 3 N–H and O–H groups in total. The van der Waals surface area contributed by atoms with E-state index in [1.165, 1.54) is 18.3 Å². The summed E-state index contributed by atoms with van der Waals surface area (Å²) in [5.41, 5.74) is -3.51. The molecule has 1 fully saturated rings. The molecule has 0 aromatic heterocycles. The first-order valence-corrected chi connectivity index (χ1v) is 8.21. The molecule has 2 aromatic carbocycles. The molecule has 0 aliphatic carbocycles. The molecule has 2 aromatic rings. The molecule has 1 heterocycles. The summed E-state index contributed by atoms with van der Waals surface area (Å²) in [5, 5.41) is 15.4. The number of carbonyl (C=O) groups is 2. The van der Waals surface area contributed by atoms with Gasteiger partial charge in [0.2, 0.25) is 0 Å². The van der Waals surface area contributed by atoms with E-state index in [2.05, 4.69) is 5.32 Å². The smallest absolute Gasteiger partial charge is 0.437 e. The maximum Gasteiger partial charge on any atom is 0.437 e. The van der Waals surface area contributed by atoms with Crippen molar-refractivity contribution in [3.8, 4) is 0 Å². The lowest BCUT2D eigenvalue weighted by Gasteiger charge is -2.44. The van der Waals surface area contributed by atoms with Crippen LogP contribution in [-0.4, -0.2) is 35.6 Å². The fraction of sp³-hybridized carbons (Fsp3) is 0.333. The normalized spacial score (nSPS) is 25.6. The van der Waals surface area contributed by atoms with Crippen molar-refractivity contribution in [3.05, 3.63) is 48.0 Å². The van der Waals surface area contributed by atoms with Crippen LogP contribution in [0, 0.1) is 5.92 Å². The third-order valence-electron chi connectivity index (χ3n) is 4.51. The molecule has 3 unspecified atom stereocenters. The highest BCUT2D eigenvalue weighted by Crippen LogP contribution is 2.44. The number of hydrogen-bond acceptors (Lipinski definition) is 4. The Kier molecular flexibility index (Phi) is 4.73. The Morgan fingerprint density at radius 3 is 2.56 bits per heavy atom. The van der Waals surface area contributed by atoms with Crippen LogP contribution in [0.25, 0.3) is 10.8 Å².